The quantitative estimate of drug-likeness (QED) is 0.753. The zero-order valence-electron chi connectivity index (χ0n) is 14.2. The maximum atomic E-state index is 12.2. The third-order valence-electron chi connectivity index (χ3n) is 3.29. The van der Waals surface area contributed by atoms with E-state index in [1.54, 1.807) is 27.9 Å². The van der Waals surface area contributed by atoms with Crippen molar-refractivity contribution in [2.45, 2.75) is 26.4 Å². The molecular formula is C14H18N6O4S. The van der Waals surface area contributed by atoms with Crippen molar-refractivity contribution < 1.29 is 19.5 Å². The second kappa shape index (κ2) is 7.38. The third-order valence-corrected chi connectivity index (χ3v) is 4.62. The van der Waals surface area contributed by atoms with Gasteiger partial charge in [-0.15, -0.1) is 16.4 Å². The van der Waals surface area contributed by atoms with Gasteiger partial charge in [0.15, 0.2) is 5.69 Å². The molecule has 2 aromatic rings. The lowest BCUT2D eigenvalue weighted by Gasteiger charge is -2.09. The van der Waals surface area contributed by atoms with Crippen molar-refractivity contribution in [2.24, 2.45) is 0 Å². The van der Waals surface area contributed by atoms with E-state index in [0.29, 0.717) is 10.7 Å². The van der Waals surface area contributed by atoms with Gasteiger partial charge in [0, 0.05) is 14.1 Å². The van der Waals surface area contributed by atoms with Gasteiger partial charge in [-0.1, -0.05) is 5.21 Å². The predicted molar refractivity (Wildman–Crippen MR) is 88.4 cm³/mol. The van der Waals surface area contributed by atoms with Crippen molar-refractivity contribution in [3.05, 3.63) is 27.5 Å². The van der Waals surface area contributed by atoms with Gasteiger partial charge in [-0.3, -0.25) is 9.59 Å². The van der Waals surface area contributed by atoms with Crippen LogP contribution in [0.4, 0.5) is 0 Å². The fraction of sp³-hybridized carbons (Fsp3) is 0.429. The largest absolute Gasteiger partial charge is 0.477 e. The Labute approximate surface area is 147 Å². The van der Waals surface area contributed by atoms with Crippen molar-refractivity contribution in [3.63, 3.8) is 0 Å². The lowest BCUT2D eigenvalue weighted by molar-refractivity contribution is -0.129. The lowest BCUT2D eigenvalue weighted by Crippen LogP contribution is -2.27. The summed E-state index contributed by atoms with van der Waals surface area (Å²) in [6, 6.07) is -0.488. The lowest BCUT2D eigenvalue weighted by atomic mass is 10.3. The van der Waals surface area contributed by atoms with Crippen molar-refractivity contribution >= 4 is 29.1 Å². The highest BCUT2D eigenvalue weighted by molar-refractivity contribution is 7.13. The van der Waals surface area contributed by atoms with Gasteiger partial charge < -0.3 is 15.3 Å². The first-order valence-electron chi connectivity index (χ1n) is 7.30. The first-order chi connectivity index (χ1) is 11.7. The van der Waals surface area contributed by atoms with Crippen molar-refractivity contribution in [2.75, 3.05) is 14.1 Å². The molecule has 0 saturated carbocycles. The number of carbonyl (C=O) groups excluding carboxylic acids is 2. The van der Waals surface area contributed by atoms with Gasteiger partial charge in [0.2, 0.25) is 5.91 Å². The number of thiazole rings is 1. The molecule has 0 aliphatic rings. The number of aromatic carboxylic acids is 1. The van der Waals surface area contributed by atoms with E-state index in [0.717, 1.165) is 11.3 Å². The van der Waals surface area contributed by atoms with Crippen LogP contribution in [0.5, 0.6) is 0 Å². The van der Waals surface area contributed by atoms with Crippen LogP contribution in [0.25, 0.3) is 0 Å². The smallest absolute Gasteiger partial charge is 0.347 e. The monoisotopic (exact) mass is 366 g/mol. The number of hydrogen-bond donors (Lipinski definition) is 2. The molecule has 0 aliphatic carbocycles. The van der Waals surface area contributed by atoms with Crippen LogP contribution >= 0.6 is 11.3 Å². The Morgan fingerprint density at radius 3 is 2.64 bits per heavy atom. The average molecular weight is 366 g/mol. The van der Waals surface area contributed by atoms with E-state index in [9.17, 15) is 14.4 Å². The van der Waals surface area contributed by atoms with Gasteiger partial charge in [0.25, 0.3) is 5.91 Å². The minimum Gasteiger partial charge on any atom is -0.477 e. The summed E-state index contributed by atoms with van der Waals surface area (Å²) >= 11 is 1.01. The van der Waals surface area contributed by atoms with Crippen LogP contribution in [-0.4, -0.2) is 61.9 Å². The molecule has 2 amide bonds. The standard InChI is InChI=1S/C14H18N6O4S/c1-7-11(14(23)24)25-13(16-7)8(2)15-12(22)9-5-20(18-17-9)6-10(21)19(3)4/h5,8H,6H2,1-4H3,(H,15,22)(H,23,24). The number of carbonyl (C=O) groups is 3. The summed E-state index contributed by atoms with van der Waals surface area (Å²) in [4.78, 5) is 40.6. The third kappa shape index (κ3) is 4.38. The maximum Gasteiger partial charge on any atom is 0.347 e. The minimum absolute atomic E-state index is 0.0174. The number of hydrogen-bond acceptors (Lipinski definition) is 7. The topological polar surface area (TPSA) is 130 Å². The molecule has 1 atom stereocenters. The predicted octanol–water partition coefficient (Wildman–Crippen LogP) is 0.320. The molecule has 134 valence electrons. The maximum absolute atomic E-state index is 12.2. The van der Waals surface area contributed by atoms with E-state index in [4.69, 9.17) is 5.11 Å². The zero-order valence-corrected chi connectivity index (χ0v) is 15.0. The molecule has 0 fully saturated rings. The fourth-order valence-electron chi connectivity index (χ4n) is 1.89. The van der Waals surface area contributed by atoms with E-state index in [1.165, 1.54) is 15.8 Å². The van der Waals surface area contributed by atoms with Crippen LogP contribution in [0.1, 0.15) is 43.8 Å². The Bertz CT molecular complexity index is 812. The van der Waals surface area contributed by atoms with E-state index in [1.807, 2.05) is 0 Å². The van der Waals surface area contributed by atoms with Gasteiger partial charge in [-0.05, 0) is 13.8 Å². The number of amides is 2. The Morgan fingerprint density at radius 1 is 1.40 bits per heavy atom. The Morgan fingerprint density at radius 2 is 2.08 bits per heavy atom. The Hall–Kier alpha value is -2.82. The normalized spacial score (nSPS) is 11.8. The number of nitrogens with one attached hydrogen (secondary N) is 1. The molecule has 2 rings (SSSR count). The molecule has 0 radical (unpaired) electrons. The summed E-state index contributed by atoms with van der Waals surface area (Å²) in [5, 5.41) is 19.7. The summed E-state index contributed by atoms with van der Waals surface area (Å²) in [6.07, 6.45) is 1.37. The Kier molecular flexibility index (Phi) is 5.47. The number of nitrogens with zero attached hydrogens (tertiary/aromatic N) is 5. The summed E-state index contributed by atoms with van der Waals surface area (Å²) in [5.74, 6) is -1.71. The molecule has 10 nitrogen and oxygen atoms in total. The SMILES string of the molecule is Cc1nc(C(C)NC(=O)c2cn(CC(=O)N(C)C)nn2)sc1C(=O)O. The number of likely N-dealkylation sites (N-methyl/N-ethyl adjacent to an activating group) is 1. The summed E-state index contributed by atoms with van der Waals surface area (Å²) in [5.41, 5.74) is 0.465. The van der Waals surface area contributed by atoms with Crippen LogP contribution in [0.3, 0.4) is 0 Å². The molecule has 0 aliphatic heterocycles. The minimum atomic E-state index is -1.05. The molecule has 0 saturated heterocycles. The number of carboxylic acid groups (broad SMARTS) is 1. The number of aryl methyl sites for hydroxylation is 1. The van der Waals surface area contributed by atoms with Gasteiger partial charge >= 0.3 is 5.97 Å². The van der Waals surface area contributed by atoms with Crippen LogP contribution < -0.4 is 5.32 Å². The highest BCUT2D eigenvalue weighted by Gasteiger charge is 2.21. The fourth-order valence-corrected chi connectivity index (χ4v) is 2.80. The molecule has 1 unspecified atom stereocenters. The molecule has 2 N–H and O–H groups in total. The number of rotatable bonds is 6. The molecule has 2 aromatic heterocycles. The van der Waals surface area contributed by atoms with E-state index in [-0.39, 0.29) is 23.0 Å². The molecule has 0 spiro atoms. The molecule has 25 heavy (non-hydrogen) atoms. The highest BCUT2D eigenvalue weighted by Crippen LogP contribution is 2.23. The van der Waals surface area contributed by atoms with Crippen LogP contribution in [-0.2, 0) is 11.3 Å². The van der Waals surface area contributed by atoms with Gasteiger partial charge in [0.05, 0.1) is 17.9 Å². The van der Waals surface area contributed by atoms with Crippen molar-refractivity contribution in [1.82, 2.24) is 30.2 Å². The van der Waals surface area contributed by atoms with E-state index >= 15 is 0 Å². The number of aromatic nitrogens is 4. The zero-order chi connectivity index (χ0) is 18.7. The summed E-state index contributed by atoms with van der Waals surface area (Å²) < 4.78 is 1.28. The second-order valence-electron chi connectivity index (χ2n) is 5.56. The summed E-state index contributed by atoms with van der Waals surface area (Å²) in [6.45, 7) is 3.28. The Balaban J connectivity index is 2.04. The second-order valence-corrected chi connectivity index (χ2v) is 6.59. The van der Waals surface area contributed by atoms with Crippen LogP contribution in [0.2, 0.25) is 0 Å². The molecule has 0 bridgehead atoms. The highest BCUT2D eigenvalue weighted by atomic mass is 32.1. The first kappa shape index (κ1) is 18.5. The molecular weight excluding hydrogens is 348 g/mol. The van der Waals surface area contributed by atoms with Gasteiger partial charge in [-0.2, -0.15) is 0 Å². The average Bonchev–Trinajstić information content (AvgIpc) is 3.13. The summed E-state index contributed by atoms with van der Waals surface area (Å²) in [7, 11) is 3.24. The first-order valence-corrected chi connectivity index (χ1v) is 8.12. The molecule has 11 heteroatoms. The van der Waals surface area contributed by atoms with Gasteiger partial charge in [-0.25, -0.2) is 14.5 Å². The van der Waals surface area contributed by atoms with Crippen LogP contribution in [0.15, 0.2) is 6.20 Å². The molecule has 0 aromatic carbocycles. The van der Waals surface area contributed by atoms with Gasteiger partial charge in [0.1, 0.15) is 16.4 Å². The number of carboxylic acids is 1. The van der Waals surface area contributed by atoms with Crippen molar-refractivity contribution in [3.8, 4) is 0 Å². The van der Waals surface area contributed by atoms with E-state index < -0.39 is 17.9 Å². The van der Waals surface area contributed by atoms with Crippen molar-refractivity contribution in [1.29, 1.82) is 0 Å². The molecule has 2 heterocycles. The van der Waals surface area contributed by atoms with E-state index in [2.05, 4.69) is 20.6 Å². The van der Waals surface area contributed by atoms with Crippen LogP contribution in [0, 0.1) is 6.92 Å².